The third kappa shape index (κ3) is 6.57. The Balaban J connectivity index is 2.05. The maximum atomic E-state index is 12.7. The molecule has 0 aliphatic carbocycles. The minimum absolute atomic E-state index is 0.132. The van der Waals surface area contributed by atoms with Crippen molar-refractivity contribution >= 4 is 23.3 Å². The molecule has 8 nitrogen and oxygen atoms in total. The highest BCUT2D eigenvalue weighted by molar-refractivity contribution is 5.98. The maximum absolute atomic E-state index is 12.7. The van der Waals surface area contributed by atoms with Crippen molar-refractivity contribution in [3.63, 3.8) is 0 Å². The summed E-state index contributed by atoms with van der Waals surface area (Å²) in [5.74, 6) is -1.24. The van der Waals surface area contributed by atoms with Gasteiger partial charge in [-0.2, -0.15) is 5.26 Å². The molecular formula is C21H28N4O4. The lowest BCUT2D eigenvalue weighted by Gasteiger charge is -2.29. The smallest absolute Gasteiger partial charge is 0.251 e. The van der Waals surface area contributed by atoms with Crippen molar-refractivity contribution in [2.75, 3.05) is 31.2 Å². The van der Waals surface area contributed by atoms with Crippen LogP contribution >= 0.6 is 0 Å². The minimum atomic E-state index is -1.22. The molecule has 1 saturated heterocycles. The summed E-state index contributed by atoms with van der Waals surface area (Å²) in [4.78, 5) is 38.8. The van der Waals surface area contributed by atoms with E-state index in [0.717, 1.165) is 18.8 Å². The summed E-state index contributed by atoms with van der Waals surface area (Å²) in [5, 5.41) is 14.1. The largest absolute Gasteiger partial charge is 0.378 e. The number of Topliss-reactive ketones (excluding diaryl/α,β-unsaturated/α-hetero) is 1. The van der Waals surface area contributed by atoms with Crippen molar-refractivity contribution in [2.24, 2.45) is 5.92 Å². The number of ketones is 1. The minimum Gasteiger partial charge on any atom is -0.378 e. The first kappa shape index (κ1) is 22.4. The standard InChI is InChI=1S/C21H28N4O4/c1-14(2)12-18(21(28)24-19(13-22)15(3)26)23-20(27)16-4-6-17(7-5-16)25-8-10-29-11-9-25/h4-7,14,18-19H,8-12H2,1-3H3,(H,23,27)(H,24,28). The van der Waals surface area contributed by atoms with Gasteiger partial charge in [0, 0.05) is 24.3 Å². The van der Waals surface area contributed by atoms with E-state index in [2.05, 4.69) is 15.5 Å². The Bertz CT molecular complexity index is 764. The molecule has 1 aromatic rings. The van der Waals surface area contributed by atoms with E-state index in [-0.39, 0.29) is 11.8 Å². The quantitative estimate of drug-likeness (QED) is 0.680. The highest BCUT2D eigenvalue weighted by Crippen LogP contribution is 2.17. The van der Waals surface area contributed by atoms with Crippen LogP contribution in [0, 0.1) is 17.2 Å². The van der Waals surface area contributed by atoms with Crippen LogP contribution in [0.5, 0.6) is 0 Å². The molecule has 0 bridgehead atoms. The first-order chi connectivity index (χ1) is 13.8. The molecule has 1 heterocycles. The van der Waals surface area contributed by atoms with Gasteiger partial charge in [-0.3, -0.25) is 14.4 Å². The second-order valence-electron chi connectivity index (χ2n) is 7.48. The molecule has 29 heavy (non-hydrogen) atoms. The molecule has 2 N–H and O–H groups in total. The van der Waals surface area contributed by atoms with Crippen molar-refractivity contribution in [3.05, 3.63) is 29.8 Å². The number of rotatable bonds is 8. The first-order valence-electron chi connectivity index (χ1n) is 9.76. The van der Waals surface area contributed by atoms with E-state index < -0.39 is 23.8 Å². The number of amides is 2. The molecule has 1 fully saturated rings. The van der Waals surface area contributed by atoms with Crippen LogP contribution in [0.25, 0.3) is 0 Å². The fourth-order valence-corrected chi connectivity index (χ4v) is 3.06. The van der Waals surface area contributed by atoms with Crippen LogP contribution in [0.2, 0.25) is 0 Å². The molecule has 0 aromatic heterocycles. The molecule has 0 spiro atoms. The van der Waals surface area contributed by atoms with E-state index >= 15 is 0 Å². The first-order valence-corrected chi connectivity index (χ1v) is 9.76. The van der Waals surface area contributed by atoms with Crippen LogP contribution in [0.15, 0.2) is 24.3 Å². The zero-order valence-corrected chi connectivity index (χ0v) is 17.1. The van der Waals surface area contributed by atoms with Gasteiger partial charge in [0.05, 0.1) is 19.3 Å². The van der Waals surface area contributed by atoms with Gasteiger partial charge in [0.2, 0.25) is 5.91 Å². The number of nitrogens with zero attached hydrogens (tertiary/aromatic N) is 2. The molecule has 2 unspecified atom stereocenters. The number of morpholine rings is 1. The van der Waals surface area contributed by atoms with Crippen LogP contribution in [-0.4, -0.2) is 56.0 Å². The van der Waals surface area contributed by atoms with Gasteiger partial charge in [-0.15, -0.1) is 0 Å². The van der Waals surface area contributed by atoms with Gasteiger partial charge >= 0.3 is 0 Å². The van der Waals surface area contributed by atoms with Gasteiger partial charge in [0.15, 0.2) is 11.8 Å². The highest BCUT2D eigenvalue weighted by Gasteiger charge is 2.26. The van der Waals surface area contributed by atoms with Crippen LogP contribution in [0.1, 0.15) is 37.6 Å². The van der Waals surface area contributed by atoms with Gasteiger partial charge in [0.25, 0.3) is 5.91 Å². The van der Waals surface area contributed by atoms with Crippen LogP contribution in [0.4, 0.5) is 5.69 Å². The maximum Gasteiger partial charge on any atom is 0.251 e. The topological polar surface area (TPSA) is 112 Å². The summed E-state index contributed by atoms with van der Waals surface area (Å²) in [5.41, 5.74) is 1.45. The molecule has 1 aliphatic heterocycles. The predicted molar refractivity (Wildman–Crippen MR) is 108 cm³/mol. The fourth-order valence-electron chi connectivity index (χ4n) is 3.06. The number of carbonyl (C=O) groups is 3. The Kier molecular flexibility index (Phi) is 8.16. The zero-order valence-electron chi connectivity index (χ0n) is 17.1. The molecule has 1 aromatic carbocycles. The van der Waals surface area contributed by atoms with Crippen molar-refractivity contribution in [3.8, 4) is 6.07 Å². The molecule has 2 atom stereocenters. The van der Waals surface area contributed by atoms with E-state index in [1.807, 2.05) is 26.0 Å². The summed E-state index contributed by atoms with van der Waals surface area (Å²) in [7, 11) is 0. The van der Waals surface area contributed by atoms with Crippen molar-refractivity contribution in [1.29, 1.82) is 5.26 Å². The lowest BCUT2D eigenvalue weighted by molar-refractivity contribution is -0.127. The summed E-state index contributed by atoms with van der Waals surface area (Å²) in [6.45, 7) is 8.06. The summed E-state index contributed by atoms with van der Waals surface area (Å²) < 4.78 is 5.35. The predicted octanol–water partition coefficient (Wildman–Crippen LogP) is 1.27. The second-order valence-corrected chi connectivity index (χ2v) is 7.48. The summed E-state index contributed by atoms with van der Waals surface area (Å²) >= 11 is 0. The lowest BCUT2D eigenvalue weighted by atomic mass is 10.0. The molecular weight excluding hydrogens is 372 g/mol. The molecule has 8 heteroatoms. The molecule has 1 aliphatic rings. The number of carbonyl (C=O) groups excluding carboxylic acids is 3. The van der Waals surface area contributed by atoms with Gasteiger partial charge in [-0.1, -0.05) is 13.8 Å². The highest BCUT2D eigenvalue weighted by atomic mass is 16.5. The summed E-state index contributed by atoms with van der Waals surface area (Å²) in [6, 6.07) is 6.89. The zero-order chi connectivity index (χ0) is 21.4. The van der Waals surface area contributed by atoms with Crippen LogP contribution in [0.3, 0.4) is 0 Å². The monoisotopic (exact) mass is 400 g/mol. The van der Waals surface area contributed by atoms with Gasteiger partial charge < -0.3 is 20.3 Å². The third-order valence-electron chi connectivity index (χ3n) is 4.66. The number of benzene rings is 1. The third-order valence-corrected chi connectivity index (χ3v) is 4.66. The van der Waals surface area contributed by atoms with Crippen molar-refractivity contribution in [1.82, 2.24) is 10.6 Å². The van der Waals surface area contributed by atoms with E-state index in [0.29, 0.717) is 25.2 Å². The normalized spacial score (nSPS) is 15.9. The van der Waals surface area contributed by atoms with Crippen molar-refractivity contribution < 1.29 is 19.1 Å². The molecule has 0 radical (unpaired) electrons. The lowest BCUT2D eigenvalue weighted by Crippen LogP contribution is -2.51. The van der Waals surface area contributed by atoms with Crippen LogP contribution in [-0.2, 0) is 14.3 Å². The van der Waals surface area contributed by atoms with Crippen LogP contribution < -0.4 is 15.5 Å². The molecule has 0 saturated carbocycles. The number of nitrogens with one attached hydrogen (secondary N) is 2. The number of ether oxygens (including phenoxy) is 1. The summed E-state index contributed by atoms with van der Waals surface area (Å²) in [6.07, 6.45) is 0.388. The average Bonchev–Trinajstić information content (AvgIpc) is 2.71. The van der Waals surface area contributed by atoms with E-state index in [9.17, 15) is 14.4 Å². The SMILES string of the molecule is CC(=O)C(C#N)NC(=O)C(CC(C)C)NC(=O)c1ccc(N2CCOCC2)cc1. The molecule has 156 valence electrons. The Morgan fingerprint density at radius 2 is 1.76 bits per heavy atom. The van der Waals surface area contributed by atoms with E-state index in [1.165, 1.54) is 6.92 Å². The van der Waals surface area contributed by atoms with Gasteiger partial charge in [-0.05, 0) is 43.5 Å². The number of hydrogen-bond donors (Lipinski definition) is 2. The Morgan fingerprint density at radius 1 is 1.14 bits per heavy atom. The Labute approximate surface area is 171 Å². The molecule has 2 amide bonds. The number of anilines is 1. The van der Waals surface area contributed by atoms with Crippen molar-refractivity contribution in [2.45, 2.75) is 39.3 Å². The fraction of sp³-hybridized carbons (Fsp3) is 0.524. The number of nitriles is 1. The van der Waals surface area contributed by atoms with E-state index in [4.69, 9.17) is 10.00 Å². The second kappa shape index (κ2) is 10.6. The van der Waals surface area contributed by atoms with E-state index in [1.54, 1.807) is 18.2 Å². The average molecular weight is 400 g/mol. The Morgan fingerprint density at radius 3 is 2.28 bits per heavy atom. The van der Waals surface area contributed by atoms with Gasteiger partial charge in [0.1, 0.15) is 6.04 Å². The molecule has 2 rings (SSSR count). The number of hydrogen-bond acceptors (Lipinski definition) is 6. The Hall–Kier alpha value is -2.92. The van der Waals surface area contributed by atoms with Gasteiger partial charge in [-0.25, -0.2) is 0 Å².